The highest BCUT2D eigenvalue weighted by atomic mass is 35.5. The molecule has 0 unspecified atom stereocenters. The summed E-state index contributed by atoms with van der Waals surface area (Å²) in [7, 11) is 1.38. The molecule has 0 radical (unpaired) electrons. The average Bonchev–Trinajstić information content (AvgIpc) is 3.10. The van der Waals surface area contributed by atoms with Crippen LogP contribution >= 0.6 is 11.6 Å². The fraction of sp³-hybridized carbons (Fsp3) is 0.190. The predicted molar refractivity (Wildman–Crippen MR) is 111 cm³/mol. The lowest BCUT2D eigenvalue weighted by Gasteiger charge is -2.13. The van der Waals surface area contributed by atoms with Gasteiger partial charge in [-0.3, -0.25) is 9.48 Å². The van der Waals surface area contributed by atoms with Gasteiger partial charge in [-0.2, -0.15) is 5.10 Å². The smallest absolute Gasteiger partial charge is 0.283 e. The Balaban J connectivity index is 1.81. The van der Waals surface area contributed by atoms with E-state index in [-0.39, 0.29) is 17.9 Å². The number of nitrogens with one attached hydrogen (secondary N) is 1. The van der Waals surface area contributed by atoms with Crippen LogP contribution in [-0.2, 0) is 6.54 Å². The summed E-state index contributed by atoms with van der Waals surface area (Å²) in [5.74, 6) is 0.556. The number of nitrogens with zero attached hydrogens (tertiary/aromatic N) is 3. The van der Waals surface area contributed by atoms with Gasteiger partial charge < -0.3 is 9.72 Å². The summed E-state index contributed by atoms with van der Waals surface area (Å²) < 4.78 is 59.3. The van der Waals surface area contributed by atoms with Gasteiger partial charge in [-0.05, 0) is 30.3 Å². The van der Waals surface area contributed by atoms with Gasteiger partial charge in [0.25, 0.3) is 18.4 Å². The molecule has 1 N–H and O–H groups in total. The Morgan fingerprint density at radius 2 is 1.88 bits per heavy atom. The van der Waals surface area contributed by atoms with Crippen LogP contribution in [0.2, 0.25) is 5.02 Å². The molecule has 4 aromatic rings. The van der Waals surface area contributed by atoms with Crippen LogP contribution in [0.3, 0.4) is 0 Å². The Kier molecular flexibility index (Phi) is 5.88. The first kappa shape index (κ1) is 21.8. The number of aromatic amines is 1. The van der Waals surface area contributed by atoms with Gasteiger partial charge >= 0.3 is 0 Å². The van der Waals surface area contributed by atoms with Gasteiger partial charge in [0.15, 0.2) is 0 Å². The van der Waals surface area contributed by atoms with Crippen LogP contribution in [0.15, 0.2) is 47.3 Å². The second kappa shape index (κ2) is 8.62. The molecule has 0 atom stereocenters. The van der Waals surface area contributed by atoms with E-state index >= 15 is 0 Å². The van der Waals surface area contributed by atoms with Crippen molar-refractivity contribution in [2.45, 2.75) is 19.4 Å². The number of alkyl halides is 4. The Morgan fingerprint density at radius 3 is 2.56 bits per heavy atom. The zero-order valence-electron chi connectivity index (χ0n) is 16.5. The van der Waals surface area contributed by atoms with Gasteiger partial charge in [0.1, 0.15) is 23.0 Å². The van der Waals surface area contributed by atoms with Gasteiger partial charge in [-0.15, -0.1) is 0 Å². The maximum Gasteiger partial charge on any atom is 0.283 e. The lowest BCUT2D eigenvalue weighted by molar-refractivity contribution is 0.139. The molecule has 32 heavy (non-hydrogen) atoms. The topological polar surface area (TPSA) is 72.8 Å². The first-order chi connectivity index (χ1) is 15.3. The Labute approximate surface area is 183 Å². The molecule has 0 aliphatic heterocycles. The van der Waals surface area contributed by atoms with Gasteiger partial charge in [0.2, 0.25) is 0 Å². The molecule has 2 aromatic carbocycles. The Hall–Kier alpha value is -3.40. The van der Waals surface area contributed by atoms with Crippen molar-refractivity contribution in [1.82, 2.24) is 19.7 Å². The van der Waals surface area contributed by atoms with E-state index in [1.165, 1.54) is 7.11 Å². The zero-order valence-corrected chi connectivity index (χ0v) is 17.2. The number of ether oxygens (including phenoxy) is 1. The monoisotopic (exact) mass is 466 g/mol. The van der Waals surface area contributed by atoms with Gasteiger partial charge in [0.05, 0.1) is 29.6 Å². The van der Waals surface area contributed by atoms with Crippen LogP contribution in [0.25, 0.3) is 22.3 Å². The minimum absolute atomic E-state index is 0.249. The lowest BCUT2D eigenvalue weighted by atomic mass is 10.1. The van der Waals surface area contributed by atoms with E-state index in [1.54, 1.807) is 42.5 Å². The highest BCUT2D eigenvalue weighted by Gasteiger charge is 2.28. The fourth-order valence-electron chi connectivity index (χ4n) is 3.37. The maximum absolute atomic E-state index is 13.5. The third-order valence-corrected chi connectivity index (χ3v) is 5.24. The largest absolute Gasteiger partial charge is 0.496 e. The number of H-pyrrole nitrogens is 1. The van der Waals surface area contributed by atoms with Crippen molar-refractivity contribution in [3.8, 4) is 17.1 Å². The van der Waals surface area contributed by atoms with Crippen molar-refractivity contribution < 1.29 is 22.3 Å². The molecule has 0 spiro atoms. The number of methoxy groups -OCH3 is 1. The summed E-state index contributed by atoms with van der Waals surface area (Å²) in [5, 5.41) is 3.23. The molecule has 2 aromatic heterocycles. The van der Waals surface area contributed by atoms with Crippen LogP contribution in [0, 0.1) is 0 Å². The van der Waals surface area contributed by atoms with Crippen LogP contribution in [-0.4, -0.2) is 26.9 Å². The molecule has 0 bridgehead atoms. The highest BCUT2D eigenvalue weighted by Crippen LogP contribution is 2.36. The van der Waals surface area contributed by atoms with Crippen molar-refractivity contribution in [1.29, 1.82) is 0 Å². The van der Waals surface area contributed by atoms with Crippen LogP contribution < -0.4 is 10.3 Å². The molecule has 0 fully saturated rings. The van der Waals surface area contributed by atoms with Gasteiger partial charge in [-0.1, -0.05) is 23.7 Å². The van der Waals surface area contributed by atoms with E-state index in [9.17, 15) is 22.4 Å². The number of para-hydroxylation sites is 1. The van der Waals surface area contributed by atoms with Crippen molar-refractivity contribution in [2.75, 3.05) is 7.11 Å². The molecule has 2 heterocycles. The Bertz CT molecular complexity index is 1350. The van der Waals surface area contributed by atoms with E-state index in [2.05, 4.69) is 15.1 Å². The standard InChI is InChI=1S/C21H15ClF4N4O2/c1-32-14-7-6-10(20-27-13-5-3-2-4-12(13)21(31)28-20)8-11(14)9-30-17(19(25)26)15(22)16(29-30)18(23)24/h2-8,18-19H,9H2,1H3,(H,27,28,31). The summed E-state index contributed by atoms with van der Waals surface area (Å²) in [5.41, 5.74) is -0.783. The summed E-state index contributed by atoms with van der Waals surface area (Å²) >= 11 is 5.74. The first-order valence-electron chi connectivity index (χ1n) is 9.29. The summed E-state index contributed by atoms with van der Waals surface area (Å²) in [6, 6.07) is 11.5. The highest BCUT2D eigenvalue weighted by molar-refractivity contribution is 6.32. The normalized spacial score (nSPS) is 11.6. The van der Waals surface area contributed by atoms with Gasteiger partial charge in [-0.25, -0.2) is 22.5 Å². The summed E-state index contributed by atoms with van der Waals surface area (Å²) in [6.45, 7) is -0.319. The summed E-state index contributed by atoms with van der Waals surface area (Å²) in [4.78, 5) is 19.5. The molecule has 4 rings (SSSR count). The minimum atomic E-state index is -3.12. The number of halogens is 5. The molecule has 0 saturated heterocycles. The minimum Gasteiger partial charge on any atom is -0.496 e. The molecule has 0 saturated carbocycles. The molecular formula is C21H15ClF4N4O2. The second-order valence-corrected chi connectivity index (χ2v) is 7.18. The van der Waals surface area contributed by atoms with Crippen LogP contribution in [0.5, 0.6) is 5.75 Å². The number of aromatic nitrogens is 4. The number of fused-ring (bicyclic) bond motifs is 1. The van der Waals surface area contributed by atoms with Crippen molar-refractivity contribution in [3.05, 3.63) is 74.8 Å². The van der Waals surface area contributed by atoms with E-state index in [1.807, 2.05) is 0 Å². The quantitative estimate of drug-likeness (QED) is 0.388. The lowest BCUT2D eigenvalue weighted by Crippen LogP contribution is -2.11. The zero-order chi connectivity index (χ0) is 23.0. The number of hydrogen-bond donors (Lipinski definition) is 1. The Morgan fingerprint density at radius 1 is 1.12 bits per heavy atom. The van der Waals surface area contributed by atoms with E-state index in [0.717, 1.165) is 4.68 Å². The number of hydrogen-bond acceptors (Lipinski definition) is 4. The molecule has 6 nitrogen and oxygen atoms in total. The third-order valence-electron chi connectivity index (χ3n) is 4.86. The molecule has 166 valence electrons. The maximum atomic E-state index is 13.5. The molecule has 11 heteroatoms. The van der Waals surface area contributed by atoms with Crippen molar-refractivity contribution in [3.63, 3.8) is 0 Å². The number of rotatable bonds is 6. The molecule has 0 aliphatic rings. The van der Waals surface area contributed by atoms with Crippen LogP contribution in [0.1, 0.15) is 29.8 Å². The molecule has 0 amide bonds. The average molecular weight is 467 g/mol. The van der Waals surface area contributed by atoms with E-state index in [4.69, 9.17) is 16.3 Å². The van der Waals surface area contributed by atoms with Crippen LogP contribution in [0.4, 0.5) is 17.6 Å². The van der Waals surface area contributed by atoms with Crippen molar-refractivity contribution in [2.24, 2.45) is 0 Å². The molecule has 0 aliphatic carbocycles. The first-order valence-corrected chi connectivity index (χ1v) is 9.66. The predicted octanol–water partition coefficient (Wildman–Crippen LogP) is 5.37. The van der Waals surface area contributed by atoms with E-state index in [0.29, 0.717) is 27.8 Å². The van der Waals surface area contributed by atoms with Crippen molar-refractivity contribution >= 4 is 22.5 Å². The summed E-state index contributed by atoms with van der Waals surface area (Å²) in [6.07, 6.45) is -6.23. The fourth-order valence-corrected chi connectivity index (χ4v) is 3.67. The molecular weight excluding hydrogens is 452 g/mol. The third kappa shape index (κ3) is 3.93. The van der Waals surface area contributed by atoms with Gasteiger partial charge in [0, 0.05) is 11.1 Å². The second-order valence-electron chi connectivity index (χ2n) is 6.80. The van der Waals surface area contributed by atoms with E-state index < -0.39 is 29.3 Å². The number of benzene rings is 2. The SMILES string of the molecule is COc1ccc(-c2nc3ccccc3c(=O)[nH]2)cc1Cn1nc(C(F)F)c(Cl)c1C(F)F.